The van der Waals surface area contributed by atoms with Crippen molar-refractivity contribution in [2.75, 3.05) is 0 Å². The SMILES string of the molecule is CC(C)(C)[S@@](=O)NCc1cc2cc(Cl)ccc2[nH]c1=O. The van der Waals surface area contributed by atoms with Crippen molar-refractivity contribution in [1.29, 1.82) is 0 Å². The van der Waals surface area contributed by atoms with E-state index in [9.17, 15) is 9.00 Å². The summed E-state index contributed by atoms with van der Waals surface area (Å²) < 4.78 is 14.4. The van der Waals surface area contributed by atoms with Crippen LogP contribution in [-0.4, -0.2) is 13.9 Å². The predicted octanol–water partition coefficient (Wildman–Crippen LogP) is 2.73. The Kier molecular flexibility index (Phi) is 4.32. The standard InChI is InChI=1S/C14H17ClN2O2S/c1-14(2,3)20(19)16-8-10-6-9-7-11(15)4-5-12(9)17-13(10)18/h4-7,16H,8H2,1-3H3,(H,17,18)/t20-/m1/s1. The molecule has 1 aromatic carbocycles. The molecule has 1 atom stereocenters. The average Bonchev–Trinajstić information content (AvgIpc) is 2.35. The van der Waals surface area contributed by atoms with Crippen LogP contribution in [-0.2, 0) is 17.5 Å². The third-order valence-corrected chi connectivity index (χ3v) is 4.59. The van der Waals surface area contributed by atoms with E-state index in [1.807, 2.05) is 20.8 Å². The average molecular weight is 313 g/mol. The molecule has 6 heteroatoms. The van der Waals surface area contributed by atoms with Gasteiger partial charge in [-0.15, -0.1) is 0 Å². The fourth-order valence-corrected chi connectivity index (χ4v) is 2.61. The van der Waals surface area contributed by atoms with Gasteiger partial charge in [-0.05, 0) is 45.0 Å². The molecule has 108 valence electrons. The molecule has 0 saturated carbocycles. The van der Waals surface area contributed by atoms with E-state index in [4.69, 9.17) is 11.6 Å². The lowest BCUT2D eigenvalue weighted by Crippen LogP contribution is -2.34. The van der Waals surface area contributed by atoms with E-state index in [2.05, 4.69) is 9.71 Å². The molecule has 20 heavy (non-hydrogen) atoms. The number of hydrogen-bond donors (Lipinski definition) is 2. The summed E-state index contributed by atoms with van der Waals surface area (Å²) in [5.41, 5.74) is 1.09. The van der Waals surface area contributed by atoms with E-state index < -0.39 is 11.0 Å². The molecule has 0 amide bonds. The maximum Gasteiger partial charge on any atom is 0.252 e. The first-order valence-electron chi connectivity index (χ1n) is 6.24. The van der Waals surface area contributed by atoms with E-state index in [1.165, 1.54) is 0 Å². The first-order chi connectivity index (χ1) is 9.27. The van der Waals surface area contributed by atoms with E-state index in [1.54, 1.807) is 24.3 Å². The van der Waals surface area contributed by atoms with Gasteiger partial charge in [0.2, 0.25) is 0 Å². The Hall–Kier alpha value is -1.17. The smallest absolute Gasteiger partial charge is 0.252 e. The summed E-state index contributed by atoms with van der Waals surface area (Å²) in [6, 6.07) is 7.06. The minimum Gasteiger partial charge on any atom is -0.322 e. The molecule has 0 radical (unpaired) electrons. The molecule has 1 aromatic heterocycles. The van der Waals surface area contributed by atoms with Crippen LogP contribution in [0.15, 0.2) is 29.1 Å². The molecule has 0 unspecified atom stereocenters. The molecule has 0 aliphatic rings. The third-order valence-electron chi connectivity index (χ3n) is 2.83. The molecule has 2 N–H and O–H groups in total. The van der Waals surface area contributed by atoms with E-state index >= 15 is 0 Å². The van der Waals surface area contributed by atoms with Gasteiger partial charge in [-0.1, -0.05) is 11.6 Å². The highest BCUT2D eigenvalue weighted by atomic mass is 35.5. The van der Waals surface area contributed by atoms with Gasteiger partial charge >= 0.3 is 0 Å². The van der Waals surface area contributed by atoms with Gasteiger partial charge < -0.3 is 4.98 Å². The largest absolute Gasteiger partial charge is 0.322 e. The Labute approximate surface area is 125 Å². The predicted molar refractivity (Wildman–Crippen MR) is 84.3 cm³/mol. The first-order valence-corrected chi connectivity index (χ1v) is 7.77. The van der Waals surface area contributed by atoms with E-state index in [0.717, 1.165) is 10.9 Å². The van der Waals surface area contributed by atoms with Crippen LogP contribution in [0.5, 0.6) is 0 Å². The van der Waals surface area contributed by atoms with Crippen molar-refractivity contribution < 1.29 is 4.21 Å². The first kappa shape index (κ1) is 15.2. The maximum atomic E-state index is 12.0. The number of H-pyrrole nitrogens is 1. The highest BCUT2D eigenvalue weighted by Crippen LogP contribution is 2.17. The van der Waals surface area contributed by atoms with Crippen LogP contribution < -0.4 is 10.3 Å². The maximum absolute atomic E-state index is 12.0. The molecule has 0 saturated heterocycles. The zero-order valence-corrected chi connectivity index (χ0v) is 13.2. The van der Waals surface area contributed by atoms with Gasteiger partial charge in [0, 0.05) is 28.0 Å². The summed E-state index contributed by atoms with van der Waals surface area (Å²) in [4.78, 5) is 14.7. The molecule has 0 aliphatic carbocycles. The minimum atomic E-state index is -1.21. The van der Waals surface area contributed by atoms with Crippen LogP contribution in [0.1, 0.15) is 26.3 Å². The number of fused-ring (bicyclic) bond motifs is 1. The molecule has 4 nitrogen and oxygen atoms in total. The number of pyridine rings is 1. The van der Waals surface area contributed by atoms with Gasteiger partial charge in [0.25, 0.3) is 5.56 Å². The van der Waals surface area contributed by atoms with Crippen molar-refractivity contribution in [1.82, 2.24) is 9.71 Å². The minimum absolute atomic E-state index is 0.182. The van der Waals surface area contributed by atoms with Gasteiger partial charge in [0.15, 0.2) is 0 Å². The second-order valence-electron chi connectivity index (χ2n) is 5.56. The number of rotatable bonds is 3. The normalized spacial score (nSPS) is 13.6. The number of aromatic nitrogens is 1. The van der Waals surface area contributed by atoms with Crippen molar-refractivity contribution in [3.63, 3.8) is 0 Å². The Bertz CT molecular complexity index is 719. The van der Waals surface area contributed by atoms with Crippen molar-refractivity contribution >= 4 is 33.5 Å². The summed E-state index contributed by atoms with van der Waals surface area (Å²) in [6.45, 7) is 5.88. The van der Waals surface area contributed by atoms with Gasteiger partial charge in [-0.3, -0.25) is 4.79 Å². The lowest BCUT2D eigenvalue weighted by atomic mass is 10.1. The fraction of sp³-hybridized carbons (Fsp3) is 0.357. The molecular weight excluding hydrogens is 296 g/mol. The number of nitrogens with one attached hydrogen (secondary N) is 2. The van der Waals surface area contributed by atoms with Crippen LogP contribution in [0.2, 0.25) is 5.02 Å². The van der Waals surface area contributed by atoms with E-state index in [-0.39, 0.29) is 16.9 Å². The molecule has 1 heterocycles. The molecule has 0 bridgehead atoms. The van der Waals surface area contributed by atoms with Crippen LogP contribution in [0.3, 0.4) is 0 Å². The van der Waals surface area contributed by atoms with Gasteiger partial charge in [0.1, 0.15) is 0 Å². The Morgan fingerprint density at radius 3 is 2.65 bits per heavy atom. The molecule has 2 rings (SSSR count). The van der Waals surface area contributed by atoms with Crippen molar-refractivity contribution in [2.24, 2.45) is 0 Å². The lowest BCUT2D eigenvalue weighted by Gasteiger charge is -2.17. The second kappa shape index (κ2) is 5.68. The number of aromatic amines is 1. The molecule has 0 aliphatic heterocycles. The highest BCUT2D eigenvalue weighted by Gasteiger charge is 2.19. The number of halogens is 1. The fourth-order valence-electron chi connectivity index (χ4n) is 1.71. The molecule has 0 fully saturated rings. The van der Waals surface area contributed by atoms with E-state index in [0.29, 0.717) is 10.6 Å². The molecule has 2 aromatic rings. The molecule has 0 spiro atoms. The van der Waals surface area contributed by atoms with Crippen LogP contribution >= 0.6 is 11.6 Å². The van der Waals surface area contributed by atoms with Gasteiger partial charge in [0.05, 0.1) is 15.7 Å². The van der Waals surface area contributed by atoms with Crippen LogP contribution in [0.25, 0.3) is 10.9 Å². The van der Waals surface area contributed by atoms with Crippen LogP contribution in [0.4, 0.5) is 0 Å². The topological polar surface area (TPSA) is 62.0 Å². The second-order valence-corrected chi connectivity index (χ2v) is 8.04. The zero-order chi connectivity index (χ0) is 14.9. The number of hydrogen-bond acceptors (Lipinski definition) is 2. The van der Waals surface area contributed by atoms with Crippen molar-refractivity contribution in [3.8, 4) is 0 Å². The Morgan fingerprint density at radius 1 is 1.30 bits per heavy atom. The quantitative estimate of drug-likeness (QED) is 0.915. The summed E-state index contributed by atoms with van der Waals surface area (Å²) >= 11 is 5.94. The van der Waals surface area contributed by atoms with Crippen LogP contribution in [0, 0.1) is 0 Å². The Morgan fingerprint density at radius 2 is 2.00 bits per heavy atom. The van der Waals surface area contributed by atoms with Gasteiger partial charge in [-0.25, -0.2) is 8.93 Å². The number of benzene rings is 1. The van der Waals surface area contributed by atoms with Crippen molar-refractivity contribution in [2.45, 2.75) is 32.1 Å². The lowest BCUT2D eigenvalue weighted by molar-refractivity contribution is 0.634. The van der Waals surface area contributed by atoms with Gasteiger partial charge in [-0.2, -0.15) is 0 Å². The summed E-state index contributed by atoms with van der Waals surface area (Å²) in [7, 11) is -1.21. The zero-order valence-electron chi connectivity index (χ0n) is 11.6. The highest BCUT2D eigenvalue weighted by molar-refractivity contribution is 7.84. The summed E-state index contributed by atoms with van der Waals surface area (Å²) in [5.74, 6) is 0. The van der Waals surface area contributed by atoms with Crippen molar-refractivity contribution in [3.05, 3.63) is 45.2 Å². The summed E-state index contributed by atoms with van der Waals surface area (Å²) in [6.07, 6.45) is 0. The molecular formula is C14H17ClN2O2S. The monoisotopic (exact) mass is 312 g/mol. The third kappa shape index (κ3) is 3.48. The Balaban J connectivity index is 2.28. The summed E-state index contributed by atoms with van der Waals surface area (Å²) in [5, 5.41) is 1.47.